The van der Waals surface area contributed by atoms with Crippen LogP contribution in [0, 0.1) is 0 Å². The van der Waals surface area contributed by atoms with E-state index >= 15 is 0 Å². The molecule has 2 aromatic carbocycles. The fourth-order valence-corrected chi connectivity index (χ4v) is 2.17. The summed E-state index contributed by atoms with van der Waals surface area (Å²) in [5.41, 5.74) is 1.31. The number of nitrogens with one attached hydrogen (secondary N) is 2. The van der Waals surface area contributed by atoms with Gasteiger partial charge >= 0.3 is 11.8 Å². The molecule has 6 nitrogen and oxygen atoms in total. The predicted octanol–water partition coefficient (Wildman–Crippen LogP) is 2.52. The molecule has 2 amide bonds. The van der Waals surface area contributed by atoms with Crippen molar-refractivity contribution in [3.05, 3.63) is 54.1 Å². The maximum Gasteiger partial charge on any atom is 0.313 e. The summed E-state index contributed by atoms with van der Waals surface area (Å²) < 4.78 is 10.3. The summed E-state index contributed by atoms with van der Waals surface area (Å²) in [6.45, 7) is 1.81. The van der Waals surface area contributed by atoms with Crippen LogP contribution < -0.4 is 20.1 Å². The van der Waals surface area contributed by atoms with E-state index in [4.69, 9.17) is 9.47 Å². The first-order valence-electron chi connectivity index (χ1n) is 7.44. The molecule has 2 rings (SSSR count). The zero-order valence-electron chi connectivity index (χ0n) is 13.8. The maximum atomic E-state index is 12.1. The van der Waals surface area contributed by atoms with Crippen LogP contribution in [-0.4, -0.2) is 26.0 Å². The molecule has 2 aromatic rings. The molecule has 0 spiro atoms. The Kier molecular flexibility index (Phi) is 5.78. The lowest BCUT2D eigenvalue weighted by Gasteiger charge is -2.15. The topological polar surface area (TPSA) is 76.7 Å². The van der Waals surface area contributed by atoms with Gasteiger partial charge in [0, 0.05) is 6.07 Å². The van der Waals surface area contributed by atoms with Crippen molar-refractivity contribution in [2.24, 2.45) is 0 Å². The van der Waals surface area contributed by atoms with E-state index in [9.17, 15) is 9.59 Å². The third kappa shape index (κ3) is 4.25. The van der Waals surface area contributed by atoms with Crippen LogP contribution in [0.25, 0.3) is 0 Å². The highest BCUT2D eigenvalue weighted by molar-refractivity contribution is 6.39. The number of amides is 2. The molecular formula is C18H20N2O4. The number of carbonyl (C=O) groups is 2. The van der Waals surface area contributed by atoms with Crippen LogP contribution in [0.2, 0.25) is 0 Å². The van der Waals surface area contributed by atoms with Gasteiger partial charge in [0.1, 0.15) is 11.5 Å². The average Bonchev–Trinajstić information content (AvgIpc) is 2.62. The normalized spacial score (nSPS) is 11.3. The summed E-state index contributed by atoms with van der Waals surface area (Å²) in [5.74, 6) is -0.482. The Hall–Kier alpha value is -3.02. The molecule has 0 fully saturated rings. The largest absolute Gasteiger partial charge is 0.497 e. The quantitative estimate of drug-likeness (QED) is 0.827. The first-order chi connectivity index (χ1) is 11.5. The molecule has 0 saturated heterocycles. The molecule has 1 atom stereocenters. The standard InChI is InChI=1S/C18H20N2O4/c1-12(13-7-5-4-6-8-13)19-17(21)18(22)20-15-10-9-14(23-2)11-16(15)24-3/h4-12H,1-3H3,(H,19,21)(H,20,22)/t12-/m1/s1. The van der Waals surface area contributed by atoms with Crippen molar-refractivity contribution in [3.63, 3.8) is 0 Å². The second kappa shape index (κ2) is 8.01. The van der Waals surface area contributed by atoms with Gasteiger partial charge in [-0.2, -0.15) is 0 Å². The Morgan fingerprint density at radius 1 is 0.958 bits per heavy atom. The Morgan fingerprint density at radius 2 is 1.67 bits per heavy atom. The molecular weight excluding hydrogens is 308 g/mol. The van der Waals surface area contributed by atoms with E-state index in [0.29, 0.717) is 17.2 Å². The number of methoxy groups -OCH3 is 2. The highest BCUT2D eigenvalue weighted by Crippen LogP contribution is 2.28. The van der Waals surface area contributed by atoms with Crippen molar-refractivity contribution in [1.82, 2.24) is 5.32 Å². The molecule has 0 saturated carbocycles. The van der Waals surface area contributed by atoms with E-state index in [2.05, 4.69) is 10.6 Å². The van der Waals surface area contributed by atoms with Gasteiger partial charge in [-0.1, -0.05) is 30.3 Å². The number of hydrogen-bond acceptors (Lipinski definition) is 4. The molecule has 0 aliphatic heterocycles. The summed E-state index contributed by atoms with van der Waals surface area (Å²) in [7, 11) is 3.01. The highest BCUT2D eigenvalue weighted by atomic mass is 16.5. The average molecular weight is 328 g/mol. The third-order valence-corrected chi connectivity index (χ3v) is 3.51. The monoisotopic (exact) mass is 328 g/mol. The molecule has 6 heteroatoms. The SMILES string of the molecule is COc1ccc(NC(=O)C(=O)N[C@H](C)c2ccccc2)c(OC)c1. The van der Waals surface area contributed by atoms with E-state index in [0.717, 1.165) is 5.56 Å². The van der Waals surface area contributed by atoms with Gasteiger partial charge < -0.3 is 20.1 Å². The lowest BCUT2D eigenvalue weighted by Crippen LogP contribution is -2.36. The minimum Gasteiger partial charge on any atom is -0.497 e. The van der Waals surface area contributed by atoms with Crippen molar-refractivity contribution in [1.29, 1.82) is 0 Å². The van der Waals surface area contributed by atoms with Crippen LogP contribution in [-0.2, 0) is 9.59 Å². The molecule has 24 heavy (non-hydrogen) atoms. The van der Waals surface area contributed by atoms with Gasteiger partial charge in [0.2, 0.25) is 0 Å². The maximum absolute atomic E-state index is 12.1. The predicted molar refractivity (Wildman–Crippen MR) is 91.2 cm³/mol. The number of hydrogen-bond donors (Lipinski definition) is 2. The van der Waals surface area contributed by atoms with E-state index in [-0.39, 0.29) is 6.04 Å². The lowest BCUT2D eigenvalue weighted by atomic mass is 10.1. The second-order valence-electron chi connectivity index (χ2n) is 5.13. The summed E-state index contributed by atoms with van der Waals surface area (Å²) in [5, 5.41) is 5.20. The molecule has 0 aromatic heterocycles. The summed E-state index contributed by atoms with van der Waals surface area (Å²) in [4.78, 5) is 24.2. The Balaban J connectivity index is 2.03. The number of carbonyl (C=O) groups excluding carboxylic acids is 2. The van der Waals surface area contributed by atoms with Crippen LogP contribution in [0.5, 0.6) is 11.5 Å². The first kappa shape index (κ1) is 17.3. The van der Waals surface area contributed by atoms with Crippen molar-refractivity contribution < 1.29 is 19.1 Å². The zero-order chi connectivity index (χ0) is 17.5. The van der Waals surface area contributed by atoms with Gasteiger partial charge in [0.25, 0.3) is 0 Å². The molecule has 126 valence electrons. The van der Waals surface area contributed by atoms with Crippen molar-refractivity contribution >= 4 is 17.5 Å². The van der Waals surface area contributed by atoms with Gasteiger partial charge in [0.05, 0.1) is 25.9 Å². The lowest BCUT2D eigenvalue weighted by molar-refractivity contribution is -0.136. The molecule has 0 heterocycles. The fraction of sp³-hybridized carbons (Fsp3) is 0.222. The highest BCUT2D eigenvalue weighted by Gasteiger charge is 2.18. The zero-order valence-corrected chi connectivity index (χ0v) is 13.8. The summed E-state index contributed by atoms with van der Waals surface area (Å²) in [6, 6.07) is 14.0. The van der Waals surface area contributed by atoms with Crippen LogP contribution >= 0.6 is 0 Å². The van der Waals surface area contributed by atoms with Crippen molar-refractivity contribution in [3.8, 4) is 11.5 Å². The molecule has 2 N–H and O–H groups in total. The van der Waals surface area contributed by atoms with Gasteiger partial charge in [-0.25, -0.2) is 0 Å². The third-order valence-electron chi connectivity index (χ3n) is 3.51. The Labute approximate surface area is 140 Å². The molecule has 0 bridgehead atoms. The fourth-order valence-electron chi connectivity index (χ4n) is 2.17. The van der Waals surface area contributed by atoms with Crippen molar-refractivity contribution in [2.75, 3.05) is 19.5 Å². The Morgan fingerprint density at radius 3 is 2.29 bits per heavy atom. The molecule has 0 radical (unpaired) electrons. The van der Waals surface area contributed by atoms with Crippen LogP contribution in [0.1, 0.15) is 18.5 Å². The second-order valence-corrected chi connectivity index (χ2v) is 5.13. The van der Waals surface area contributed by atoms with E-state index in [1.54, 1.807) is 18.2 Å². The number of ether oxygens (including phenoxy) is 2. The minimum atomic E-state index is -0.763. The van der Waals surface area contributed by atoms with Crippen LogP contribution in [0.15, 0.2) is 48.5 Å². The number of anilines is 1. The minimum absolute atomic E-state index is 0.276. The first-order valence-corrected chi connectivity index (χ1v) is 7.44. The Bertz CT molecular complexity index is 716. The smallest absolute Gasteiger partial charge is 0.313 e. The van der Waals surface area contributed by atoms with Gasteiger partial charge in [-0.3, -0.25) is 9.59 Å². The summed E-state index contributed by atoms with van der Waals surface area (Å²) in [6.07, 6.45) is 0. The van der Waals surface area contributed by atoms with Gasteiger partial charge in [0.15, 0.2) is 0 Å². The molecule has 0 aliphatic carbocycles. The number of rotatable bonds is 5. The van der Waals surface area contributed by atoms with E-state index in [1.807, 2.05) is 37.3 Å². The van der Waals surface area contributed by atoms with Gasteiger partial charge in [-0.15, -0.1) is 0 Å². The van der Waals surface area contributed by atoms with E-state index < -0.39 is 11.8 Å². The summed E-state index contributed by atoms with van der Waals surface area (Å²) >= 11 is 0. The number of benzene rings is 2. The van der Waals surface area contributed by atoms with Crippen molar-refractivity contribution in [2.45, 2.75) is 13.0 Å². The van der Waals surface area contributed by atoms with Crippen LogP contribution in [0.4, 0.5) is 5.69 Å². The molecule has 0 aliphatic rings. The van der Waals surface area contributed by atoms with E-state index in [1.165, 1.54) is 14.2 Å². The molecule has 0 unspecified atom stereocenters. The van der Waals surface area contributed by atoms with Gasteiger partial charge in [-0.05, 0) is 24.6 Å². The van der Waals surface area contributed by atoms with Crippen LogP contribution in [0.3, 0.4) is 0 Å².